The van der Waals surface area contributed by atoms with Gasteiger partial charge in [0.2, 0.25) is 5.91 Å². The molecule has 0 fully saturated rings. The second-order valence-corrected chi connectivity index (χ2v) is 4.41. The predicted octanol–water partition coefficient (Wildman–Crippen LogP) is -0.0881. The van der Waals surface area contributed by atoms with Crippen molar-refractivity contribution in [3.8, 4) is 18.0 Å². The molecule has 1 heterocycles. The molecule has 1 aromatic heterocycles. The number of benzene rings is 1. The molecule has 118 valence electrons. The number of carboxylic acid groups (broad SMARTS) is 1. The quantitative estimate of drug-likeness (QED) is 0.482. The topological polar surface area (TPSA) is 122 Å². The molecule has 2 rings (SSSR count). The minimum atomic E-state index is -1.25. The first-order valence-corrected chi connectivity index (χ1v) is 6.68. The average Bonchev–Trinajstić information content (AvgIpc) is 3.04. The summed E-state index contributed by atoms with van der Waals surface area (Å²) < 4.78 is 0. The fraction of sp³-hybridized carbons (Fsp3) is 0.214. The molecule has 2 aromatic rings. The molecule has 0 spiro atoms. The van der Waals surface area contributed by atoms with Crippen LogP contribution in [0.4, 0.5) is 5.69 Å². The highest BCUT2D eigenvalue weighted by Gasteiger charge is 2.11. The van der Waals surface area contributed by atoms with E-state index >= 15 is 0 Å². The maximum atomic E-state index is 11.5. The van der Waals surface area contributed by atoms with Gasteiger partial charge in [0.15, 0.2) is 0 Å². The lowest BCUT2D eigenvalue weighted by molar-refractivity contribution is -0.119. The van der Waals surface area contributed by atoms with E-state index in [1.54, 1.807) is 24.3 Å². The van der Waals surface area contributed by atoms with Crippen LogP contribution in [0.25, 0.3) is 5.69 Å². The fourth-order valence-corrected chi connectivity index (χ4v) is 1.64. The number of hydrogen-bond acceptors (Lipinski definition) is 6. The van der Waals surface area contributed by atoms with Gasteiger partial charge < -0.3 is 15.7 Å². The Bertz CT molecular complexity index is 732. The zero-order valence-corrected chi connectivity index (χ0v) is 12.1. The standard InChI is InChI=1S/C14H14N6O3/c1-2-3-8-15-12(21)9-16-10-4-6-11(7-5-10)20-18-13(14(22)23)17-19-20/h1,4-7,16H,3,8-9H2,(H,15,21)(H,22,23). The van der Waals surface area contributed by atoms with Crippen LogP contribution in [-0.4, -0.2) is 50.3 Å². The van der Waals surface area contributed by atoms with Crippen LogP contribution in [-0.2, 0) is 4.79 Å². The number of nitrogens with one attached hydrogen (secondary N) is 2. The summed E-state index contributed by atoms with van der Waals surface area (Å²) in [5.74, 6) is 0.653. The number of hydrogen-bond donors (Lipinski definition) is 3. The summed E-state index contributed by atoms with van der Waals surface area (Å²) >= 11 is 0. The molecular weight excluding hydrogens is 300 g/mol. The van der Waals surface area contributed by atoms with Crippen LogP contribution in [0.5, 0.6) is 0 Å². The molecule has 0 unspecified atom stereocenters. The summed E-state index contributed by atoms with van der Waals surface area (Å²) in [5, 5.41) is 25.2. The molecule has 9 heteroatoms. The lowest BCUT2D eigenvalue weighted by atomic mass is 10.3. The van der Waals surface area contributed by atoms with Crippen molar-refractivity contribution in [1.82, 2.24) is 25.5 Å². The zero-order chi connectivity index (χ0) is 16.7. The molecule has 3 N–H and O–H groups in total. The Morgan fingerprint density at radius 1 is 1.30 bits per heavy atom. The molecule has 1 amide bonds. The molecule has 0 saturated carbocycles. The number of carbonyl (C=O) groups excluding carboxylic acids is 1. The minimum Gasteiger partial charge on any atom is -0.475 e. The van der Waals surface area contributed by atoms with Gasteiger partial charge in [-0.25, -0.2) is 4.79 Å². The van der Waals surface area contributed by atoms with E-state index in [1.807, 2.05) is 0 Å². The van der Waals surface area contributed by atoms with Gasteiger partial charge in [-0.05, 0) is 29.5 Å². The van der Waals surface area contributed by atoms with E-state index in [1.165, 1.54) is 0 Å². The molecular formula is C14H14N6O3. The molecule has 0 aliphatic carbocycles. The molecule has 0 aliphatic rings. The second kappa shape index (κ2) is 7.56. The highest BCUT2D eigenvalue weighted by atomic mass is 16.4. The molecule has 0 saturated heterocycles. The first-order valence-electron chi connectivity index (χ1n) is 6.68. The summed E-state index contributed by atoms with van der Waals surface area (Å²) in [6.45, 7) is 0.564. The number of amides is 1. The predicted molar refractivity (Wildman–Crippen MR) is 81.1 cm³/mol. The van der Waals surface area contributed by atoms with E-state index in [2.05, 4.69) is 32.0 Å². The number of carbonyl (C=O) groups is 2. The number of terminal acetylenes is 1. The van der Waals surface area contributed by atoms with E-state index < -0.39 is 5.97 Å². The lowest BCUT2D eigenvalue weighted by Crippen LogP contribution is -2.30. The fourth-order valence-electron chi connectivity index (χ4n) is 1.64. The third kappa shape index (κ3) is 4.53. The van der Waals surface area contributed by atoms with Crippen LogP contribution in [0, 0.1) is 12.3 Å². The Morgan fingerprint density at radius 2 is 2.04 bits per heavy atom. The lowest BCUT2D eigenvalue weighted by Gasteiger charge is -2.07. The van der Waals surface area contributed by atoms with Gasteiger partial charge in [-0.1, -0.05) is 0 Å². The normalized spacial score (nSPS) is 9.87. The summed E-state index contributed by atoms with van der Waals surface area (Å²) in [5.41, 5.74) is 1.27. The van der Waals surface area contributed by atoms with Gasteiger partial charge in [0.05, 0.1) is 12.2 Å². The van der Waals surface area contributed by atoms with Gasteiger partial charge >= 0.3 is 5.97 Å². The number of carboxylic acids is 1. The van der Waals surface area contributed by atoms with E-state index in [-0.39, 0.29) is 18.3 Å². The SMILES string of the molecule is C#CCCNC(=O)CNc1ccc(-n2nnc(C(=O)O)n2)cc1. The van der Waals surface area contributed by atoms with Crippen molar-refractivity contribution < 1.29 is 14.7 Å². The van der Waals surface area contributed by atoms with Crippen molar-refractivity contribution in [1.29, 1.82) is 0 Å². The van der Waals surface area contributed by atoms with Crippen molar-refractivity contribution >= 4 is 17.6 Å². The van der Waals surface area contributed by atoms with Crippen LogP contribution in [0.15, 0.2) is 24.3 Å². The molecule has 9 nitrogen and oxygen atoms in total. The van der Waals surface area contributed by atoms with Gasteiger partial charge in [0.25, 0.3) is 5.82 Å². The van der Waals surface area contributed by atoms with E-state index in [0.29, 0.717) is 18.7 Å². The number of nitrogens with zero attached hydrogens (tertiary/aromatic N) is 4. The van der Waals surface area contributed by atoms with Crippen molar-refractivity contribution in [2.24, 2.45) is 0 Å². The maximum absolute atomic E-state index is 11.5. The summed E-state index contributed by atoms with van der Waals surface area (Å²) in [6.07, 6.45) is 5.58. The zero-order valence-electron chi connectivity index (χ0n) is 12.1. The molecule has 0 radical (unpaired) electrons. The molecule has 1 aromatic carbocycles. The van der Waals surface area contributed by atoms with E-state index in [4.69, 9.17) is 11.5 Å². The highest BCUT2D eigenvalue weighted by molar-refractivity contribution is 5.82. The van der Waals surface area contributed by atoms with Crippen LogP contribution in [0.2, 0.25) is 0 Å². The van der Waals surface area contributed by atoms with E-state index in [0.717, 1.165) is 10.5 Å². The van der Waals surface area contributed by atoms with Gasteiger partial charge in [-0.3, -0.25) is 4.79 Å². The van der Waals surface area contributed by atoms with Crippen LogP contribution in [0.3, 0.4) is 0 Å². The average molecular weight is 314 g/mol. The van der Waals surface area contributed by atoms with Crippen LogP contribution < -0.4 is 10.6 Å². The molecule has 23 heavy (non-hydrogen) atoms. The van der Waals surface area contributed by atoms with Crippen molar-refractivity contribution in [3.63, 3.8) is 0 Å². The Morgan fingerprint density at radius 3 is 2.65 bits per heavy atom. The minimum absolute atomic E-state index is 0.120. The summed E-state index contributed by atoms with van der Waals surface area (Å²) in [6, 6.07) is 6.78. The van der Waals surface area contributed by atoms with Crippen molar-refractivity contribution in [2.75, 3.05) is 18.4 Å². The Hall–Kier alpha value is -3.41. The highest BCUT2D eigenvalue weighted by Crippen LogP contribution is 2.11. The summed E-state index contributed by atoms with van der Waals surface area (Å²) in [4.78, 5) is 23.3. The number of aromatic carboxylic acids is 1. The van der Waals surface area contributed by atoms with E-state index in [9.17, 15) is 9.59 Å². The molecule has 0 atom stereocenters. The number of rotatable bonds is 7. The Balaban J connectivity index is 1.90. The number of aromatic nitrogens is 4. The molecule has 0 bridgehead atoms. The third-order valence-electron chi connectivity index (χ3n) is 2.75. The van der Waals surface area contributed by atoms with Crippen LogP contribution >= 0.6 is 0 Å². The van der Waals surface area contributed by atoms with Gasteiger partial charge in [-0.15, -0.1) is 27.3 Å². The maximum Gasteiger partial charge on any atom is 0.377 e. The monoisotopic (exact) mass is 314 g/mol. The molecule has 0 aliphatic heterocycles. The second-order valence-electron chi connectivity index (χ2n) is 4.41. The van der Waals surface area contributed by atoms with Crippen LogP contribution in [0.1, 0.15) is 17.0 Å². The Labute approximate surface area is 131 Å². The van der Waals surface area contributed by atoms with Gasteiger partial charge in [0, 0.05) is 18.7 Å². The number of tetrazole rings is 1. The first kappa shape index (κ1) is 16.0. The van der Waals surface area contributed by atoms with Gasteiger partial charge in [-0.2, -0.15) is 0 Å². The summed E-state index contributed by atoms with van der Waals surface area (Å²) in [7, 11) is 0. The van der Waals surface area contributed by atoms with Crippen molar-refractivity contribution in [3.05, 3.63) is 30.1 Å². The van der Waals surface area contributed by atoms with Crippen molar-refractivity contribution in [2.45, 2.75) is 6.42 Å². The largest absolute Gasteiger partial charge is 0.475 e. The smallest absolute Gasteiger partial charge is 0.377 e. The third-order valence-corrected chi connectivity index (χ3v) is 2.75. The van der Waals surface area contributed by atoms with Gasteiger partial charge in [0.1, 0.15) is 0 Å². The number of anilines is 1. The Kier molecular flexibility index (Phi) is 5.25. The first-order chi connectivity index (χ1) is 11.1.